The summed E-state index contributed by atoms with van der Waals surface area (Å²) in [7, 11) is 0. The summed E-state index contributed by atoms with van der Waals surface area (Å²) in [6.45, 7) is 4.84. The van der Waals surface area contributed by atoms with Gasteiger partial charge in [-0.05, 0) is 54.6 Å². The fourth-order valence-corrected chi connectivity index (χ4v) is 4.38. The maximum atomic E-state index is 6.63. The first kappa shape index (κ1) is 14.1. The number of rotatable bonds is 2. The molecule has 3 rings (SSSR count). The lowest BCUT2D eigenvalue weighted by molar-refractivity contribution is 0.219. The topological polar surface area (TPSA) is 26.0 Å². The van der Waals surface area contributed by atoms with Crippen LogP contribution in [0.3, 0.4) is 0 Å². The zero-order valence-electron chi connectivity index (χ0n) is 13.1. The van der Waals surface area contributed by atoms with Crippen molar-refractivity contribution in [2.24, 2.45) is 11.1 Å². The Morgan fingerprint density at radius 3 is 2.50 bits per heavy atom. The zero-order valence-corrected chi connectivity index (χ0v) is 13.1. The van der Waals surface area contributed by atoms with Gasteiger partial charge in [0.2, 0.25) is 0 Å². The van der Waals surface area contributed by atoms with Gasteiger partial charge in [-0.25, -0.2) is 0 Å². The molecule has 0 bridgehead atoms. The molecule has 0 aromatic heterocycles. The summed E-state index contributed by atoms with van der Waals surface area (Å²) in [5, 5.41) is 0. The van der Waals surface area contributed by atoms with Gasteiger partial charge in [0.1, 0.15) is 0 Å². The molecule has 0 saturated heterocycles. The van der Waals surface area contributed by atoms with Gasteiger partial charge in [-0.2, -0.15) is 0 Å². The van der Waals surface area contributed by atoms with Crippen molar-refractivity contribution in [3.8, 4) is 0 Å². The summed E-state index contributed by atoms with van der Waals surface area (Å²) in [6.07, 6.45) is 10.3. The summed E-state index contributed by atoms with van der Waals surface area (Å²) in [4.78, 5) is 0. The van der Waals surface area contributed by atoms with Crippen LogP contribution in [0.4, 0.5) is 0 Å². The maximum absolute atomic E-state index is 6.63. The van der Waals surface area contributed by atoms with Crippen LogP contribution >= 0.6 is 0 Å². The lowest BCUT2D eigenvalue weighted by atomic mass is 9.70. The monoisotopic (exact) mass is 271 g/mol. The zero-order chi connectivity index (χ0) is 14.2. The van der Waals surface area contributed by atoms with Gasteiger partial charge in [-0.15, -0.1) is 0 Å². The minimum absolute atomic E-state index is 0.0415. The molecule has 20 heavy (non-hydrogen) atoms. The average Bonchev–Trinajstić information content (AvgIpc) is 2.86. The SMILES string of the molecule is CC1(C)CCCC(c2cccc(C3(N)CCCC3)c2)C1. The van der Waals surface area contributed by atoms with Crippen molar-refractivity contribution in [1.29, 1.82) is 0 Å². The summed E-state index contributed by atoms with van der Waals surface area (Å²) in [5.41, 5.74) is 10.0. The van der Waals surface area contributed by atoms with E-state index in [2.05, 4.69) is 38.1 Å². The lowest BCUT2D eigenvalue weighted by Gasteiger charge is -2.36. The van der Waals surface area contributed by atoms with E-state index < -0.39 is 0 Å². The van der Waals surface area contributed by atoms with Crippen LogP contribution in [0.15, 0.2) is 24.3 Å². The van der Waals surface area contributed by atoms with Gasteiger partial charge in [0.25, 0.3) is 0 Å². The Morgan fingerprint density at radius 2 is 1.80 bits per heavy atom. The van der Waals surface area contributed by atoms with Crippen LogP contribution < -0.4 is 5.73 Å². The van der Waals surface area contributed by atoms with E-state index in [1.807, 2.05) is 0 Å². The average molecular weight is 271 g/mol. The predicted molar refractivity (Wildman–Crippen MR) is 85.8 cm³/mol. The number of hydrogen-bond acceptors (Lipinski definition) is 1. The molecule has 1 unspecified atom stereocenters. The van der Waals surface area contributed by atoms with Gasteiger partial charge < -0.3 is 5.73 Å². The highest BCUT2D eigenvalue weighted by atomic mass is 14.8. The molecular weight excluding hydrogens is 242 g/mol. The molecule has 0 aliphatic heterocycles. The minimum atomic E-state index is -0.0415. The van der Waals surface area contributed by atoms with Gasteiger partial charge in [0, 0.05) is 5.54 Å². The van der Waals surface area contributed by atoms with Crippen LogP contribution in [0.5, 0.6) is 0 Å². The second-order valence-electron chi connectivity index (χ2n) is 7.95. The van der Waals surface area contributed by atoms with Crippen LogP contribution in [0.1, 0.15) is 82.3 Å². The third-order valence-corrected chi connectivity index (χ3v) is 5.63. The molecule has 2 aliphatic carbocycles. The van der Waals surface area contributed by atoms with Crippen LogP contribution in [0, 0.1) is 5.41 Å². The van der Waals surface area contributed by atoms with Crippen LogP contribution in [-0.4, -0.2) is 0 Å². The van der Waals surface area contributed by atoms with Gasteiger partial charge in [0.05, 0.1) is 0 Å². The third-order valence-electron chi connectivity index (χ3n) is 5.63. The summed E-state index contributed by atoms with van der Waals surface area (Å²) >= 11 is 0. The number of benzene rings is 1. The Kier molecular flexibility index (Phi) is 3.66. The van der Waals surface area contributed by atoms with Crippen molar-refractivity contribution in [2.45, 2.75) is 76.7 Å². The van der Waals surface area contributed by atoms with E-state index in [-0.39, 0.29) is 5.54 Å². The largest absolute Gasteiger partial charge is 0.321 e. The van der Waals surface area contributed by atoms with E-state index in [9.17, 15) is 0 Å². The van der Waals surface area contributed by atoms with Crippen molar-refractivity contribution in [2.75, 3.05) is 0 Å². The quantitative estimate of drug-likeness (QED) is 0.795. The highest BCUT2D eigenvalue weighted by Gasteiger charge is 2.33. The smallest absolute Gasteiger partial charge is 0.0409 e. The first-order valence-electron chi connectivity index (χ1n) is 8.38. The number of hydrogen-bond donors (Lipinski definition) is 1. The molecule has 110 valence electrons. The van der Waals surface area contributed by atoms with Crippen molar-refractivity contribution >= 4 is 0 Å². The Morgan fingerprint density at radius 1 is 1.05 bits per heavy atom. The van der Waals surface area contributed by atoms with Crippen molar-refractivity contribution in [3.63, 3.8) is 0 Å². The fourth-order valence-electron chi connectivity index (χ4n) is 4.38. The summed E-state index contributed by atoms with van der Waals surface area (Å²) < 4.78 is 0. The summed E-state index contributed by atoms with van der Waals surface area (Å²) in [6, 6.07) is 9.24. The van der Waals surface area contributed by atoms with Crippen LogP contribution in [0.25, 0.3) is 0 Å². The van der Waals surface area contributed by atoms with Gasteiger partial charge in [-0.1, -0.05) is 57.4 Å². The van der Waals surface area contributed by atoms with Crippen molar-refractivity contribution in [1.82, 2.24) is 0 Å². The first-order valence-corrected chi connectivity index (χ1v) is 8.38. The Bertz CT molecular complexity index is 468. The minimum Gasteiger partial charge on any atom is -0.321 e. The molecule has 2 saturated carbocycles. The Balaban J connectivity index is 1.84. The molecule has 2 aliphatic rings. The number of nitrogens with two attached hydrogens (primary N) is 1. The highest BCUT2D eigenvalue weighted by Crippen LogP contribution is 2.44. The van der Waals surface area contributed by atoms with Crippen LogP contribution in [-0.2, 0) is 5.54 Å². The van der Waals surface area contributed by atoms with Gasteiger partial charge >= 0.3 is 0 Å². The van der Waals surface area contributed by atoms with E-state index in [1.165, 1.54) is 49.7 Å². The molecule has 0 heterocycles. The fraction of sp³-hybridized carbons (Fsp3) is 0.684. The van der Waals surface area contributed by atoms with E-state index in [4.69, 9.17) is 5.73 Å². The van der Waals surface area contributed by atoms with Gasteiger partial charge in [0.15, 0.2) is 0 Å². The molecule has 2 N–H and O–H groups in total. The molecule has 0 amide bonds. The standard InChI is InChI=1S/C19H29N/c1-18(2)10-6-8-16(14-18)15-7-5-9-17(13-15)19(20)11-3-4-12-19/h5,7,9,13,16H,3-4,6,8,10-12,14,20H2,1-2H3. The molecule has 0 spiro atoms. The van der Waals surface area contributed by atoms with Crippen LogP contribution in [0.2, 0.25) is 0 Å². The maximum Gasteiger partial charge on any atom is 0.0409 e. The second kappa shape index (κ2) is 5.18. The van der Waals surface area contributed by atoms with Crippen molar-refractivity contribution < 1.29 is 0 Å². The highest BCUT2D eigenvalue weighted by molar-refractivity contribution is 5.32. The molecule has 1 aromatic rings. The lowest BCUT2D eigenvalue weighted by Crippen LogP contribution is -2.33. The molecule has 1 nitrogen and oxygen atoms in total. The summed E-state index contributed by atoms with van der Waals surface area (Å²) in [5.74, 6) is 0.740. The van der Waals surface area contributed by atoms with Crippen molar-refractivity contribution in [3.05, 3.63) is 35.4 Å². The Labute approximate surface area is 124 Å². The molecule has 1 aromatic carbocycles. The Hall–Kier alpha value is -0.820. The third kappa shape index (κ3) is 2.79. The van der Waals surface area contributed by atoms with E-state index in [1.54, 1.807) is 0 Å². The molecule has 2 fully saturated rings. The normalized spacial score (nSPS) is 28.4. The van der Waals surface area contributed by atoms with E-state index >= 15 is 0 Å². The molecule has 1 atom stereocenters. The molecule has 0 radical (unpaired) electrons. The molecule has 1 heteroatoms. The van der Waals surface area contributed by atoms with Gasteiger partial charge in [-0.3, -0.25) is 0 Å². The second-order valence-corrected chi connectivity index (χ2v) is 7.95. The van der Waals surface area contributed by atoms with E-state index in [0.29, 0.717) is 5.41 Å². The molecular formula is C19H29N. The first-order chi connectivity index (χ1) is 9.49. The van der Waals surface area contributed by atoms with E-state index in [0.717, 1.165) is 18.8 Å². The predicted octanol–water partition coefficient (Wildman–Crippen LogP) is 5.10.